The van der Waals surface area contributed by atoms with Crippen LogP contribution in [0.5, 0.6) is 5.88 Å². The van der Waals surface area contributed by atoms with Crippen LogP contribution in [0.1, 0.15) is 13.8 Å². The SMILES string of the molecule is COc1ccc(NCC(C)(C)N)nn1. The van der Waals surface area contributed by atoms with Gasteiger partial charge in [-0.3, -0.25) is 0 Å². The number of hydrogen-bond donors (Lipinski definition) is 2. The van der Waals surface area contributed by atoms with Crippen molar-refractivity contribution in [3.05, 3.63) is 12.1 Å². The second-order valence-electron chi connectivity index (χ2n) is 3.80. The first kappa shape index (κ1) is 10.7. The summed E-state index contributed by atoms with van der Waals surface area (Å²) in [4.78, 5) is 0. The van der Waals surface area contributed by atoms with Gasteiger partial charge in [0.1, 0.15) is 5.82 Å². The zero-order chi connectivity index (χ0) is 10.6. The predicted octanol–water partition coefficient (Wildman–Crippen LogP) is 0.634. The predicted molar refractivity (Wildman–Crippen MR) is 55.3 cm³/mol. The monoisotopic (exact) mass is 196 g/mol. The molecule has 14 heavy (non-hydrogen) atoms. The smallest absolute Gasteiger partial charge is 0.233 e. The summed E-state index contributed by atoms with van der Waals surface area (Å²) in [5, 5.41) is 10.8. The normalized spacial score (nSPS) is 11.1. The summed E-state index contributed by atoms with van der Waals surface area (Å²) in [6, 6.07) is 3.55. The molecule has 0 aromatic carbocycles. The van der Waals surface area contributed by atoms with E-state index in [1.54, 1.807) is 19.2 Å². The Morgan fingerprint density at radius 1 is 1.43 bits per heavy atom. The molecule has 1 rings (SSSR count). The number of anilines is 1. The van der Waals surface area contributed by atoms with E-state index in [1.807, 2.05) is 13.8 Å². The van der Waals surface area contributed by atoms with E-state index in [0.717, 1.165) is 0 Å². The average molecular weight is 196 g/mol. The lowest BCUT2D eigenvalue weighted by atomic mass is 10.1. The second kappa shape index (κ2) is 4.23. The largest absolute Gasteiger partial charge is 0.480 e. The van der Waals surface area contributed by atoms with Crippen LogP contribution < -0.4 is 15.8 Å². The van der Waals surface area contributed by atoms with E-state index in [1.165, 1.54) is 0 Å². The molecule has 0 saturated carbocycles. The summed E-state index contributed by atoms with van der Waals surface area (Å²) in [5.41, 5.74) is 5.54. The number of aromatic nitrogens is 2. The highest BCUT2D eigenvalue weighted by molar-refractivity contribution is 5.34. The maximum absolute atomic E-state index is 5.80. The standard InChI is InChI=1S/C9H16N4O/c1-9(2,10)6-11-7-4-5-8(14-3)13-12-7/h4-5H,6,10H2,1-3H3,(H,11,12). The summed E-state index contributed by atoms with van der Waals surface area (Å²) in [6.45, 7) is 4.53. The van der Waals surface area contributed by atoms with Gasteiger partial charge in [-0.1, -0.05) is 0 Å². The van der Waals surface area contributed by atoms with Crippen LogP contribution in [0.15, 0.2) is 12.1 Å². The number of ether oxygens (including phenoxy) is 1. The molecule has 0 radical (unpaired) electrons. The Morgan fingerprint density at radius 3 is 2.57 bits per heavy atom. The molecule has 1 aromatic heterocycles. The van der Waals surface area contributed by atoms with Crippen LogP contribution in [0.2, 0.25) is 0 Å². The summed E-state index contributed by atoms with van der Waals surface area (Å²) >= 11 is 0. The van der Waals surface area contributed by atoms with Gasteiger partial charge in [-0.15, -0.1) is 10.2 Å². The molecule has 1 heterocycles. The molecular weight excluding hydrogens is 180 g/mol. The number of nitrogens with zero attached hydrogens (tertiary/aromatic N) is 2. The summed E-state index contributed by atoms with van der Waals surface area (Å²) < 4.78 is 4.89. The van der Waals surface area contributed by atoms with Crippen LogP contribution in [0.3, 0.4) is 0 Å². The van der Waals surface area contributed by atoms with Crippen molar-refractivity contribution in [2.75, 3.05) is 19.0 Å². The summed E-state index contributed by atoms with van der Waals surface area (Å²) in [7, 11) is 1.56. The third-order valence-corrected chi connectivity index (χ3v) is 1.57. The quantitative estimate of drug-likeness (QED) is 0.739. The van der Waals surface area contributed by atoms with Gasteiger partial charge in [0.05, 0.1) is 7.11 Å². The second-order valence-corrected chi connectivity index (χ2v) is 3.80. The third kappa shape index (κ3) is 3.57. The maximum Gasteiger partial charge on any atom is 0.233 e. The van der Waals surface area contributed by atoms with Crippen molar-refractivity contribution in [3.8, 4) is 5.88 Å². The number of methoxy groups -OCH3 is 1. The topological polar surface area (TPSA) is 73.1 Å². The number of hydrogen-bond acceptors (Lipinski definition) is 5. The number of rotatable bonds is 4. The van der Waals surface area contributed by atoms with E-state index in [9.17, 15) is 0 Å². The average Bonchev–Trinajstić information content (AvgIpc) is 2.14. The van der Waals surface area contributed by atoms with Gasteiger partial charge >= 0.3 is 0 Å². The van der Waals surface area contributed by atoms with E-state index < -0.39 is 0 Å². The highest BCUT2D eigenvalue weighted by atomic mass is 16.5. The Kier molecular flexibility index (Phi) is 3.24. The molecule has 0 fully saturated rings. The minimum atomic E-state index is -0.262. The lowest BCUT2D eigenvalue weighted by Gasteiger charge is -2.18. The first-order valence-electron chi connectivity index (χ1n) is 4.42. The van der Waals surface area contributed by atoms with Gasteiger partial charge in [0.25, 0.3) is 0 Å². The minimum Gasteiger partial charge on any atom is -0.480 e. The molecule has 0 atom stereocenters. The van der Waals surface area contributed by atoms with Crippen molar-refractivity contribution < 1.29 is 4.74 Å². The van der Waals surface area contributed by atoms with Crippen molar-refractivity contribution in [2.45, 2.75) is 19.4 Å². The van der Waals surface area contributed by atoms with E-state index >= 15 is 0 Å². The molecule has 0 spiro atoms. The first-order valence-corrected chi connectivity index (χ1v) is 4.42. The van der Waals surface area contributed by atoms with Gasteiger partial charge in [-0.2, -0.15) is 0 Å². The maximum atomic E-state index is 5.80. The third-order valence-electron chi connectivity index (χ3n) is 1.57. The van der Waals surface area contributed by atoms with Crippen LogP contribution >= 0.6 is 0 Å². The molecule has 0 bridgehead atoms. The molecule has 1 aromatic rings. The van der Waals surface area contributed by atoms with E-state index in [-0.39, 0.29) is 5.54 Å². The van der Waals surface area contributed by atoms with E-state index in [0.29, 0.717) is 18.2 Å². The Morgan fingerprint density at radius 2 is 2.14 bits per heavy atom. The summed E-state index contributed by atoms with van der Waals surface area (Å²) in [6.07, 6.45) is 0. The molecular formula is C9H16N4O. The molecule has 0 unspecified atom stereocenters. The first-order chi connectivity index (χ1) is 6.51. The molecule has 0 aliphatic rings. The fraction of sp³-hybridized carbons (Fsp3) is 0.556. The lowest BCUT2D eigenvalue weighted by Crippen LogP contribution is -2.39. The van der Waals surface area contributed by atoms with Crippen LogP contribution in [0, 0.1) is 0 Å². The van der Waals surface area contributed by atoms with Crippen LogP contribution in [0.4, 0.5) is 5.82 Å². The van der Waals surface area contributed by atoms with Crippen LogP contribution in [-0.4, -0.2) is 29.4 Å². The Bertz CT molecular complexity index is 278. The van der Waals surface area contributed by atoms with Crippen molar-refractivity contribution in [3.63, 3.8) is 0 Å². The Hall–Kier alpha value is -1.36. The van der Waals surface area contributed by atoms with E-state index in [4.69, 9.17) is 10.5 Å². The molecule has 0 amide bonds. The summed E-state index contributed by atoms with van der Waals surface area (Å²) in [5.74, 6) is 1.20. The van der Waals surface area contributed by atoms with Gasteiger partial charge < -0.3 is 15.8 Å². The Labute approximate surface area is 83.7 Å². The van der Waals surface area contributed by atoms with Crippen molar-refractivity contribution in [1.82, 2.24) is 10.2 Å². The molecule has 0 aliphatic heterocycles. The fourth-order valence-electron chi connectivity index (χ4n) is 0.842. The van der Waals surface area contributed by atoms with E-state index in [2.05, 4.69) is 15.5 Å². The van der Waals surface area contributed by atoms with Crippen LogP contribution in [0.25, 0.3) is 0 Å². The van der Waals surface area contributed by atoms with Gasteiger partial charge in [-0.05, 0) is 19.9 Å². The molecule has 0 saturated heterocycles. The zero-order valence-corrected chi connectivity index (χ0v) is 8.74. The molecule has 78 valence electrons. The molecule has 0 aliphatic carbocycles. The highest BCUT2D eigenvalue weighted by Crippen LogP contribution is 2.08. The number of nitrogens with one attached hydrogen (secondary N) is 1. The molecule has 5 nitrogen and oxygen atoms in total. The van der Waals surface area contributed by atoms with Gasteiger partial charge in [0.2, 0.25) is 5.88 Å². The van der Waals surface area contributed by atoms with Gasteiger partial charge in [-0.25, -0.2) is 0 Å². The van der Waals surface area contributed by atoms with Crippen molar-refractivity contribution in [2.24, 2.45) is 5.73 Å². The lowest BCUT2D eigenvalue weighted by molar-refractivity contribution is 0.392. The van der Waals surface area contributed by atoms with Gasteiger partial charge in [0, 0.05) is 18.2 Å². The van der Waals surface area contributed by atoms with Crippen molar-refractivity contribution >= 4 is 5.82 Å². The van der Waals surface area contributed by atoms with Crippen molar-refractivity contribution in [1.29, 1.82) is 0 Å². The Balaban J connectivity index is 2.52. The molecule has 5 heteroatoms. The fourth-order valence-corrected chi connectivity index (χ4v) is 0.842. The molecule has 3 N–H and O–H groups in total. The zero-order valence-electron chi connectivity index (χ0n) is 8.74. The van der Waals surface area contributed by atoms with Gasteiger partial charge in [0.15, 0.2) is 0 Å². The number of nitrogens with two attached hydrogens (primary N) is 1. The minimum absolute atomic E-state index is 0.262. The van der Waals surface area contributed by atoms with Crippen LogP contribution in [-0.2, 0) is 0 Å². The highest BCUT2D eigenvalue weighted by Gasteiger charge is 2.10.